The van der Waals surface area contributed by atoms with Gasteiger partial charge in [0.15, 0.2) is 0 Å². The smallest absolute Gasteiger partial charge is 0.253 e. The van der Waals surface area contributed by atoms with Gasteiger partial charge < -0.3 is 5.32 Å². The highest BCUT2D eigenvalue weighted by atomic mass is 35.5. The molecule has 0 aliphatic rings. The zero-order valence-corrected chi connectivity index (χ0v) is 12.8. The Morgan fingerprint density at radius 2 is 1.75 bits per heavy atom. The lowest BCUT2D eigenvalue weighted by Gasteiger charge is -2.15. The standard InChI is InChI=1S/C16H15Cl2NO/c1-10-3-5-12(6-4-10)11(2)19-16(20)14-9-13(17)7-8-15(14)18/h3-9,11H,1-2H3,(H,19,20). The zero-order chi connectivity index (χ0) is 14.7. The Bertz CT molecular complexity index is 623. The van der Waals surface area contributed by atoms with Crippen LogP contribution < -0.4 is 5.32 Å². The minimum Gasteiger partial charge on any atom is -0.345 e. The van der Waals surface area contributed by atoms with E-state index in [0.717, 1.165) is 5.56 Å². The van der Waals surface area contributed by atoms with Gasteiger partial charge in [0.1, 0.15) is 0 Å². The Morgan fingerprint density at radius 1 is 1.10 bits per heavy atom. The molecule has 0 spiro atoms. The highest BCUT2D eigenvalue weighted by molar-refractivity contribution is 6.35. The Hall–Kier alpha value is -1.51. The molecule has 0 aliphatic heterocycles. The molecule has 1 atom stereocenters. The first-order valence-electron chi connectivity index (χ1n) is 6.30. The summed E-state index contributed by atoms with van der Waals surface area (Å²) in [4.78, 5) is 12.2. The fraction of sp³-hybridized carbons (Fsp3) is 0.188. The minimum atomic E-state index is -0.231. The largest absolute Gasteiger partial charge is 0.345 e. The Morgan fingerprint density at radius 3 is 2.40 bits per heavy atom. The van der Waals surface area contributed by atoms with Crippen LogP contribution in [-0.2, 0) is 0 Å². The van der Waals surface area contributed by atoms with Crippen LogP contribution in [0.25, 0.3) is 0 Å². The molecule has 2 aromatic carbocycles. The number of halogens is 2. The number of carbonyl (C=O) groups is 1. The van der Waals surface area contributed by atoms with Crippen LogP contribution in [0.3, 0.4) is 0 Å². The summed E-state index contributed by atoms with van der Waals surface area (Å²) in [6.45, 7) is 3.96. The van der Waals surface area contributed by atoms with Gasteiger partial charge >= 0.3 is 0 Å². The van der Waals surface area contributed by atoms with Crippen LogP contribution in [0.15, 0.2) is 42.5 Å². The van der Waals surface area contributed by atoms with Crippen molar-refractivity contribution < 1.29 is 4.79 Å². The average Bonchev–Trinajstić information content (AvgIpc) is 2.42. The molecule has 0 fully saturated rings. The third kappa shape index (κ3) is 3.53. The highest BCUT2D eigenvalue weighted by Crippen LogP contribution is 2.22. The molecule has 4 heteroatoms. The first-order chi connectivity index (χ1) is 9.47. The van der Waals surface area contributed by atoms with Crippen LogP contribution in [0.4, 0.5) is 0 Å². The summed E-state index contributed by atoms with van der Waals surface area (Å²) in [7, 11) is 0. The number of amides is 1. The van der Waals surface area contributed by atoms with E-state index in [0.29, 0.717) is 15.6 Å². The molecule has 0 heterocycles. The molecular weight excluding hydrogens is 293 g/mol. The van der Waals surface area contributed by atoms with Crippen LogP contribution in [0.1, 0.15) is 34.5 Å². The van der Waals surface area contributed by atoms with E-state index in [1.54, 1.807) is 18.2 Å². The number of carbonyl (C=O) groups excluding carboxylic acids is 1. The van der Waals surface area contributed by atoms with Gasteiger partial charge in [-0.05, 0) is 37.6 Å². The SMILES string of the molecule is Cc1ccc(C(C)NC(=O)c2cc(Cl)ccc2Cl)cc1. The van der Waals surface area contributed by atoms with E-state index in [2.05, 4.69) is 5.32 Å². The lowest BCUT2D eigenvalue weighted by molar-refractivity contribution is 0.0940. The predicted molar refractivity (Wildman–Crippen MR) is 83.5 cm³/mol. The Balaban J connectivity index is 2.15. The number of aryl methyl sites for hydroxylation is 1. The molecule has 2 rings (SSSR count). The van der Waals surface area contributed by atoms with E-state index in [4.69, 9.17) is 23.2 Å². The van der Waals surface area contributed by atoms with E-state index in [1.807, 2.05) is 38.1 Å². The third-order valence-electron chi connectivity index (χ3n) is 3.10. The summed E-state index contributed by atoms with van der Waals surface area (Å²) in [5.41, 5.74) is 2.62. The minimum absolute atomic E-state index is 0.0989. The van der Waals surface area contributed by atoms with Crippen molar-refractivity contribution in [2.45, 2.75) is 19.9 Å². The maximum Gasteiger partial charge on any atom is 0.253 e. The number of hydrogen-bond donors (Lipinski definition) is 1. The first kappa shape index (κ1) is 14.9. The van der Waals surface area contributed by atoms with Crippen LogP contribution in [0.5, 0.6) is 0 Å². The van der Waals surface area contributed by atoms with Crippen LogP contribution >= 0.6 is 23.2 Å². The Kier molecular flexibility index (Phi) is 4.69. The van der Waals surface area contributed by atoms with Gasteiger partial charge in [-0.25, -0.2) is 0 Å². The molecule has 0 radical (unpaired) electrons. The van der Waals surface area contributed by atoms with Gasteiger partial charge in [0.05, 0.1) is 16.6 Å². The van der Waals surface area contributed by atoms with E-state index in [1.165, 1.54) is 5.56 Å². The predicted octanol–water partition coefficient (Wildman–Crippen LogP) is 4.79. The number of rotatable bonds is 3. The van der Waals surface area contributed by atoms with E-state index in [9.17, 15) is 4.79 Å². The molecule has 0 aromatic heterocycles. The van der Waals surface area contributed by atoms with Gasteiger partial charge in [0, 0.05) is 5.02 Å². The average molecular weight is 308 g/mol. The van der Waals surface area contributed by atoms with E-state index in [-0.39, 0.29) is 11.9 Å². The summed E-state index contributed by atoms with van der Waals surface area (Å²) >= 11 is 11.9. The molecular formula is C16H15Cl2NO. The third-order valence-corrected chi connectivity index (χ3v) is 3.66. The van der Waals surface area contributed by atoms with Gasteiger partial charge in [0.2, 0.25) is 0 Å². The van der Waals surface area contributed by atoms with E-state index < -0.39 is 0 Å². The fourth-order valence-electron chi connectivity index (χ4n) is 1.88. The van der Waals surface area contributed by atoms with Crippen molar-refractivity contribution in [2.24, 2.45) is 0 Å². The van der Waals surface area contributed by atoms with Gasteiger partial charge in [0.25, 0.3) is 5.91 Å². The summed E-state index contributed by atoms with van der Waals surface area (Å²) < 4.78 is 0. The molecule has 104 valence electrons. The molecule has 1 unspecified atom stereocenters. The van der Waals surface area contributed by atoms with Crippen molar-refractivity contribution in [2.75, 3.05) is 0 Å². The molecule has 0 saturated carbocycles. The van der Waals surface area contributed by atoms with Crippen LogP contribution in [0.2, 0.25) is 10.0 Å². The monoisotopic (exact) mass is 307 g/mol. The number of nitrogens with one attached hydrogen (secondary N) is 1. The van der Waals surface area contributed by atoms with Crippen molar-refractivity contribution in [3.63, 3.8) is 0 Å². The second-order valence-corrected chi connectivity index (χ2v) is 5.57. The Labute approximate surface area is 128 Å². The summed E-state index contributed by atoms with van der Waals surface area (Å²) in [6, 6.07) is 12.8. The fourth-order valence-corrected chi connectivity index (χ4v) is 2.26. The molecule has 0 saturated heterocycles. The second-order valence-electron chi connectivity index (χ2n) is 4.73. The molecule has 2 aromatic rings. The summed E-state index contributed by atoms with van der Waals surface area (Å²) in [6.07, 6.45) is 0. The molecule has 2 nitrogen and oxygen atoms in total. The van der Waals surface area contributed by atoms with Gasteiger partial charge in [-0.15, -0.1) is 0 Å². The topological polar surface area (TPSA) is 29.1 Å². The number of benzene rings is 2. The van der Waals surface area contributed by atoms with Crippen LogP contribution in [0, 0.1) is 6.92 Å². The van der Waals surface area contributed by atoms with Gasteiger partial charge in [-0.3, -0.25) is 4.79 Å². The van der Waals surface area contributed by atoms with Crippen molar-refractivity contribution >= 4 is 29.1 Å². The molecule has 1 amide bonds. The molecule has 0 bridgehead atoms. The summed E-state index contributed by atoms with van der Waals surface area (Å²) in [5, 5.41) is 3.80. The maximum atomic E-state index is 12.2. The van der Waals surface area contributed by atoms with Gasteiger partial charge in [-0.1, -0.05) is 53.0 Å². The summed E-state index contributed by atoms with van der Waals surface area (Å²) in [5.74, 6) is -0.231. The van der Waals surface area contributed by atoms with Crippen molar-refractivity contribution in [3.8, 4) is 0 Å². The first-order valence-corrected chi connectivity index (χ1v) is 7.05. The number of hydrogen-bond acceptors (Lipinski definition) is 1. The highest BCUT2D eigenvalue weighted by Gasteiger charge is 2.14. The quantitative estimate of drug-likeness (QED) is 0.867. The van der Waals surface area contributed by atoms with Crippen LogP contribution in [-0.4, -0.2) is 5.91 Å². The normalized spacial score (nSPS) is 12.0. The molecule has 1 N–H and O–H groups in total. The lowest BCUT2D eigenvalue weighted by atomic mass is 10.1. The molecule has 20 heavy (non-hydrogen) atoms. The van der Waals surface area contributed by atoms with E-state index >= 15 is 0 Å². The second kappa shape index (κ2) is 6.29. The zero-order valence-electron chi connectivity index (χ0n) is 11.3. The molecule has 0 aliphatic carbocycles. The van der Waals surface area contributed by atoms with Crippen molar-refractivity contribution in [1.29, 1.82) is 0 Å². The van der Waals surface area contributed by atoms with Crippen molar-refractivity contribution in [3.05, 3.63) is 69.2 Å². The van der Waals surface area contributed by atoms with Crippen molar-refractivity contribution in [1.82, 2.24) is 5.32 Å². The maximum absolute atomic E-state index is 12.2. The van der Waals surface area contributed by atoms with Gasteiger partial charge in [-0.2, -0.15) is 0 Å². The lowest BCUT2D eigenvalue weighted by Crippen LogP contribution is -2.26.